The number of H-pyrrole nitrogens is 1. The van der Waals surface area contributed by atoms with Gasteiger partial charge in [-0.1, -0.05) is 6.07 Å². The van der Waals surface area contributed by atoms with Crippen LogP contribution in [0.3, 0.4) is 0 Å². The first-order chi connectivity index (χ1) is 9.13. The lowest BCUT2D eigenvalue weighted by atomic mass is 10.1. The van der Waals surface area contributed by atoms with E-state index < -0.39 is 0 Å². The van der Waals surface area contributed by atoms with Crippen LogP contribution in [-0.2, 0) is 6.42 Å². The van der Waals surface area contributed by atoms with Crippen molar-refractivity contribution in [2.75, 3.05) is 0 Å². The Morgan fingerprint density at radius 1 is 1.47 bits per heavy atom. The molecular weight excluding hydrogens is 245 g/mol. The normalized spacial score (nSPS) is 17.3. The van der Waals surface area contributed by atoms with Crippen LogP contribution in [0.1, 0.15) is 39.8 Å². The van der Waals surface area contributed by atoms with Crippen LogP contribution < -0.4 is 5.32 Å². The van der Waals surface area contributed by atoms with Crippen LogP contribution in [0.5, 0.6) is 0 Å². The summed E-state index contributed by atoms with van der Waals surface area (Å²) in [6, 6.07) is 6.37. The molecular formula is C14H14FN3O. The topological polar surface area (TPSA) is 57.8 Å². The molecule has 0 radical (unpaired) electrons. The molecule has 98 valence electrons. The summed E-state index contributed by atoms with van der Waals surface area (Å²) in [7, 11) is 0. The molecule has 4 nitrogen and oxygen atoms in total. The highest BCUT2D eigenvalue weighted by molar-refractivity contribution is 5.92. The van der Waals surface area contributed by atoms with Gasteiger partial charge in [0.15, 0.2) is 0 Å². The van der Waals surface area contributed by atoms with E-state index in [1.54, 1.807) is 18.2 Å². The highest BCUT2D eigenvalue weighted by Gasteiger charge is 2.25. The van der Waals surface area contributed by atoms with E-state index in [4.69, 9.17) is 0 Å². The quantitative estimate of drug-likeness (QED) is 0.869. The lowest BCUT2D eigenvalue weighted by molar-refractivity contribution is 0.0931. The summed E-state index contributed by atoms with van der Waals surface area (Å²) < 4.78 is 13.1. The Labute approximate surface area is 110 Å². The SMILES string of the molecule is Cc1cc(C(=O)N[C@H]2CCc3cc(F)ccc32)n[nH]1. The van der Waals surface area contributed by atoms with E-state index in [9.17, 15) is 9.18 Å². The number of rotatable bonds is 2. The third-order valence-corrected chi connectivity index (χ3v) is 3.43. The van der Waals surface area contributed by atoms with Gasteiger partial charge < -0.3 is 5.32 Å². The molecule has 1 aromatic carbocycles. The van der Waals surface area contributed by atoms with E-state index in [0.29, 0.717) is 5.69 Å². The van der Waals surface area contributed by atoms with E-state index in [1.165, 1.54) is 6.07 Å². The van der Waals surface area contributed by atoms with Crippen LogP contribution in [0.15, 0.2) is 24.3 Å². The minimum atomic E-state index is -0.228. The first-order valence-electron chi connectivity index (χ1n) is 6.24. The van der Waals surface area contributed by atoms with Crippen molar-refractivity contribution in [3.8, 4) is 0 Å². The molecule has 19 heavy (non-hydrogen) atoms. The van der Waals surface area contributed by atoms with Gasteiger partial charge in [0.05, 0.1) is 6.04 Å². The maximum atomic E-state index is 13.1. The van der Waals surface area contributed by atoms with Crippen molar-refractivity contribution in [2.45, 2.75) is 25.8 Å². The summed E-state index contributed by atoms with van der Waals surface area (Å²) in [5.41, 5.74) is 3.21. The van der Waals surface area contributed by atoms with Gasteiger partial charge in [-0.2, -0.15) is 5.10 Å². The molecule has 1 aromatic heterocycles. The van der Waals surface area contributed by atoms with E-state index in [2.05, 4.69) is 15.5 Å². The van der Waals surface area contributed by atoms with Crippen LogP contribution >= 0.6 is 0 Å². The van der Waals surface area contributed by atoms with Gasteiger partial charge >= 0.3 is 0 Å². The molecule has 0 fully saturated rings. The second kappa shape index (κ2) is 4.50. The molecule has 3 rings (SSSR count). The average molecular weight is 259 g/mol. The van der Waals surface area contributed by atoms with Crippen LogP contribution in [0.2, 0.25) is 0 Å². The fraction of sp³-hybridized carbons (Fsp3) is 0.286. The van der Waals surface area contributed by atoms with E-state index in [0.717, 1.165) is 29.7 Å². The second-order valence-corrected chi connectivity index (χ2v) is 4.84. The molecule has 1 aliphatic carbocycles. The first-order valence-corrected chi connectivity index (χ1v) is 6.24. The second-order valence-electron chi connectivity index (χ2n) is 4.84. The monoisotopic (exact) mass is 259 g/mol. The predicted molar refractivity (Wildman–Crippen MR) is 68.3 cm³/mol. The lowest BCUT2D eigenvalue weighted by Crippen LogP contribution is -2.27. The number of carbonyl (C=O) groups excluding carboxylic acids is 1. The zero-order valence-electron chi connectivity index (χ0n) is 10.5. The zero-order chi connectivity index (χ0) is 13.4. The standard InChI is InChI=1S/C14H14FN3O/c1-8-6-13(18-17-8)14(19)16-12-5-2-9-7-10(15)3-4-11(9)12/h3-4,6-7,12H,2,5H2,1H3,(H,16,19)(H,17,18)/t12-/m0/s1. The fourth-order valence-electron chi connectivity index (χ4n) is 2.50. The Morgan fingerprint density at radius 2 is 2.32 bits per heavy atom. The van der Waals surface area contributed by atoms with Crippen molar-refractivity contribution < 1.29 is 9.18 Å². The molecule has 2 N–H and O–H groups in total. The maximum absolute atomic E-state index is 13.1. The molecule has 0 saturated carbocycles. The Balaban J connectivity index is 1.78. The van der Waals surface area contributed by atoms with Gasteiger partial charge in [0.25, 0.3) is 5.91 Å². The van der Waals surface area contributed by atoms with Gasteiger partial charge in [-0.05, 0) is 49.1 Å². The Hall–Kier alpha value is -2.17. The summed E-state index contributed by atoms with van der Waals surface area (Å²) in [4.78, 5) is 12.0. The third-order valence-electron chi connectivity index (χ3n) is 3.43. The largest absolute Gasteiger partial charge is 0.344 e. The van der Waals surface area contributed by atoms with Crippen molar-refractivity contribution in [1.29, 1.82) is 0 Å². The number of benzene rings is 1. The zero-order valence-corrected chi connectivity index (χ0v) is 10.5. The number of nitrogens with one attached hydrogen (secondary N) is 2. The minimum absolute atomic E-state index is 0.0555. The van der Waals surface area contributed by atoms with Crippen molar-refractivity contribution in [3.05, 3.63) is 52.6 Å². The van der Waals surface area contributed by atoms with Crippen molar-refractivity contribution in [1.82, 2.24) is 15.5 Å². The van der Waals surface area contributed by atoms with Gasteiger partial charge in [0.2, 0.25) is 0 Å². The smallest absolute Gasteiger partial charge is 0.272 e. The summed E-state index contributed by atoms with van der Waals surface area (Å²) in [6.45, 7) is 1.84. The molecule has 0 saturated heterocycles. The van der Waals surface area contributed by atoms with E-state index in [-0.39, 0.29) is 17.8 Å². The summed E-state index contributed by atoms with van der Waals surface area (Å²) in [5.74, 6) is -0.430. The average Bonchev–Trinajstić information content (AvgIpc) is 2.96. The van der Waals surface area contributed by atoms with Crippen LogP contribution in [0.25, 0.3) is 0 Å². The van der Waals surface area contributed by atoms with Crippen LogP contribution in [0, 0.1) is 12.7 Å². The number of amides is 1. The molecule has 1 heterocycles. The number of aromatic nitrogens is 2. The van der Waals surface area contributed by atoms with Gasteiger partial charge in [-0.25, -0.2) is 4.39 Å². The molecule has 1 atom stereocenters. The third kappa shape index (κ3) is 2.23. The fourth-order valence-corrected chi connectivity index (χ4v) is 2.50. The van der Waals surface area contributed by atoms with Crippen LogP contribution in [-0.4, -0.2) is 16.1 Å². The number of aromatic amines is 1. The number of carbonyl (C=O) groups is 1. The number of aryl methyl sites for hydroxylation is 2. The van der Waals surface area contributed by atoms with Gasteiger partial charge in [-0.15, -0.1) is 0 Å². The number of nitrogens with zero attached hydrogens (tertiary/aromatic N) is 1. The van der Waals surface area contributed by atoms with Gasteiger partial charge in [-0.3, -0.25) is 9.89 Å². The maximum Gasteiger partial charge on any atom is 0.272 e. The molecule has 5 heteroatoms. The molecule has 1 aliphatic rings. The van der Waals surface area contributed by atoms with E-state index >= 15 is 0 Å². The van der Waals surface area contributed by atoms with Crippen molar-refractivity contribution >= 4 is 5.91 Å². The molecule has 0 aliphatic heterocycles. The Morgan fingerprint density at radius 3 is 3.05 bits per heavy atom. The Bertz CT molecular complexity index is 635. The van der Waals surface area contributed by atoms with Gasteiger partial charge in [0, 0.05) is 5.69 Å². The van der Waals surface area contributed by atoms with Crippen molar-refractivity contribution in [3.63, 3.8) is 0 Å². The highest BCUT2D eigenvalue weighted by Crippen LogP contribution is 2.31. The molecule has 1 amide bonds. The van der Waals surface area contributed by atoms with Crippen LogP contribution in [0.4, 0.5) is 4.39 Å². The summed E-state index contributed by atoms with van der Waals surface area (Å²) >= 11 is 0. The number of hydrogen-bond acceptors (Lipinski definition) is 2. The number of halogens is 1. The molecule has 0 unspecified atom stereocenters. The predicted octanol–water partition coefficient (Wildman–Crippen LogP) is 2.27. The van der Waals surface area contributed by atoms with Gasteiger partial charge in [0.1, 0.15) is 11.5 Å². The number of hydrogen-bond donors (Lipinski definition) is 2. The van der Waals surface area contributed by atoms with Crippen molar-refractivity contribution in [2.24, 2.45) is 0 Å². The van der Waals surface area contributed by atoms with E-state index in [1.807, 2.05) is 6.92 Å². The Kier molecular flexibility index (Phi) is 2.81. The lowest BCUT2D eigenvalue weighted by Gasteiger charge is -2.13. The highest BCUT2D eigenvalue weighted by atomic mass is 19.1. The first kappa shape index (κ1) is 11.9. The summed E-state index contributed by atoms with van der Waals surface area (Å²) in [5, 5.41) is 9.61. The molecule has 0 spiro atoms. The molecule has 0 bridgehead atoms. The summed E-state index contributed by atoms with van der Waals surface area (Å²) in [6.07, 6.45) is 1.59. The molecule has 2 aromatic rings. The minimum Gasteiger partial charge on any atom is -0.344 e. The number of fused-ring (bicyclic) bond motifs is 1.